The third kappa shape index (κ3) is 3.16. The van der Waals surface area contributed by atoms with Gasteiger partial charge in [-0.05, 0) is 32.4 Å². The normalized spacial score (nSPS) is 39.2. The van der Waals surface area contributed by atoms with Crippen molar-refractivity contribution in [2.45, 2.75) is 44.9 Å². The average molecular weight is 212 g/mol. The smallest absolute Gasteiger partial charge is 0.109 e. The number of hydrogen-bond donors (Lipinski definition) is 1. The Labute approximate surface area is 93.2 Å². The second kappa shape index (κ2) is 5.28. The zero-order chi connectivity index (χ0) is 10.7. The Morgan fingerprint density at radius 3 is 2.93 bits per heavy atom. The van der Waals surface area contributed by atoms with E-state index in [9.17, 15) is 0 Å². The van der Waals surface area contributed by atoms with Gasteiger partial charge in [0.05, 0.1) is 6.61 Å². The molecule has 0 bridgehead atoms. The van der Waals surface area contributed by atoms with E-state index in [0.717, 1.165) is 25.6 Å². The van der Waals surface area contributed by atoms with Gasteiger partial charge in [0.2, 0.25) is 0 Å². The van der Waals surface area contributed by atoms with E-state index >= 15 is 0 Å². The van der Waals surface area contributed by atoms with Gasteiger partial charge in [-0.15, -0.1) is 0 Å². The highest BCUT2D eigenvalue weighted by Crippen LogP contribution is 2.20. The highest BCUT2D eigenvalue weighted by Gasteiger charge is 2.25. The molecule has 0 aromatic heterocycles. The third-order valence-corrected chi connectivity index (χ3v) is 3.68. The second-order valence-electron chi connectivity index (χ2n) is 5.20. The van der Waals surface area contributed by atoms with Crippen LogP contribution in [0.2, 0.25) is 0 Å². The van der Waals surface area contributed by atoms with Crippen molar-refractivity contribution in [1.29, 1.82) is 0 Å². The Bertz CT molecular complexity index is 190. The number of piperidine rings is 1. The van der Waals surface area contributed by atoms with Gasteiger partial charge in [0.15, 0.2) is 0 Å². The first-order valence-corrected chi connectivity index (χ1v) is 6.31. The minimum atomic E-state index is 0.298. The summed E-state index contributed by atoms with van der Waals surface area (Å²) < 4.78 is 5.80. The molecule has 3 heteroatoms. The SMILES string of the molecule is CC1CNC(CC2CCCCN2C)OC1. The van der Waals surface area contributed by atoms with Gasteiger partial charge in [-0.3, -0.25) is 5.32 Å². The number of likely N-dealkylation sites (tertiary alicyclic amines) is 1. The fraction of sp³-hybridized carbons (Fsp3) is 1.00. The maximum absolute atomic E-state index is 5.80. The molecule has 2 fully saturated rings. The Hall–Kier alpha value is -0.120. The molecule has 0 aromatic carbocycles. The van der Waals surface area contributed by atoms with Crippen LogP contribution >= 0.6 is 0 Å². The largest absolute Gasteiger partial charge is 0.363 e. The maximum Gasteiger partial charge on any atom is 0.109 e. The van der Waals surface area contributed by atoms with Crippen LogP contribution in [-0.2, 0) is 4.74 Å². The van der Waals surface area contributed by atoms with E-state index in [-0.39, 0.29) is 0 Å². The van der Waals surface area contributed by atoms with Crippen LogP contribution in [0.1, 0.15) is 32.6 Å². The summed E-state index contributed by atoms with van der Waals surface area (Å²) in [5.41, 5.74) is 0. The molecule has 2 aliphatic heterocycles. The predicted octanol–water partition coefficient (Wildman–Crippen LogP) is 1.44. The van der Waals surface area contributed by atoms with Crippen molar-refractivity contribution in [1.82, 2.24) is 10.2 Å². The van der Waals surface area contributed by atoms with Gasteiger partial charge in [-0.2, -0.15) is 0 Å². The molecule has 0 amide bonds. The van der Waals surface area contributed by atoms with Crippen LogP contribution in [0.15, 0.2) is 0 Å². The van der Waals surface area contributed by atoms with Crippen molar-refractivity contribution in [2.24, 2.45) is 5.92 Å². The van der Waals surface area contributed by atoms with Gasteiger partial charge >= 0.3 is 0 Å². The van der Waals surface area contributed by atoms with Gasteiger partial charge in [-0.25, -0.2) is 0 Å². The molecule has 1 N–H and O–H groups in total. The Morgan fingerprint density at radius 1 is 1.40 bits per heavy atom. The number of rotatable bonds is 2. The molecule has 0 aliphatic carbocycles. The molecular weight excluding hydrogens is 188 g/mol. The zero-order valence-corrected chi connectivity index (χ0v) is 10.0. The first kappa shape index (κ1) is 11.4. The summed E-state index contributed by atoms with van der Waals surface area (Å²) in [6.45, 7) is 5.53. The van der Waals surface area contributed by atoms with Gasteiger partial charge in [0.25, 0.3) is 0 Å². The van der Waals surface area contributed by atoms with Crippen LogP contribution < -0.4 is 5.32 Å². The van der Waals surface area contributed by atoms with E-state index in [4.69, 9.17) is 4.74 Å². The number of nitrogens with zero attached hydrogens (tertiary/aromatic N) is 1. The van der Waals surface area contributed by atoms with Crippen LogP contribution in [0.4, 0.5) is 0 Å². The standard InChI is InChI=1S/C12H24N2O/c1-10-8-13-12(15-9-10)7-11-5-3-4-6-14(11)2/h10-13H,3-9H2,1-2H3. The fourth-order valence-corrected chi connectivity index (χ4v) is 2.57. The Kier molecular flexibility index (Phi) is 4.00. The second-order valence-corrected chi connectivity index (χ2v) is 5.20. The topological polar surface area (TPSA) is 24.5 Å². The molecule has 0 radical (unpaired) electrons. The Balaban J connectivity index is 1.75. The van der Waals surface area contributed by atoms with E-state index in [1.54, 1.807) is 0 Å². The molecular formula is C12H24N2O. The van der Waals surface area contributed by atoms with E-state index in [2.05, 4.69) is 24.2 Å². The van der Waals surface area contributed by atoms with Crippen molar-refractivity contribution in [2.75, 3.05) is 26.7 Å². The molecule has 3 atom stereocenters. The molecule has 15 heavy (non-hydrogen) atoms. The highest BCUT2D eigenvalue weighted by molar-refractivity contribution is 4.78. The number of ether oxygens (including phenoxy) is 1. The monoisotopic (exact) mass is 212 g/mol. The molecule has 2 saturated heterocycles. The van der Waals surface area contributed by atoms with Gasteiger partial charge in [-0.1, -0.05) is 13.3 Å². The van der Waals surface area contributed by atoms with Crippen molar-refractivity contribution >= 4 is 0 Å². The number of hydrogen-bond acceptors (Lipinski definition) is 3. The zero-order valence-electron chi connectivity index (χ0n) is 10.0. The Morgan fingerprint density at radius 2 is 2.27 bits per heavy atom. The van der Waals surface area contributed by atoms with Gasteiger partial charge in [0, 0.05) is 19.0 Å². The lowest BCUT2D eigenvalue weighted by molar-refractivity contribution is -0.0427. The minimum Gasteiger partial charge on any atom is -0.363 e. The summed E-state index contributed by atoms with van der Waals surface area (Å²) in [4.78, 5) is 2.49. The molecule has 0 saturated carbocycles. The first-order chi connectivity index (χ1) is 7.25. The van der Waals surface area contributed by atoms with Crippen molar-refractivity contribution in [3.63, 3.8) is 0 Å². The van der Waals surface area contributed by atoms with Gasteiger partial charge < -0.3 is 9.64 Å². The maximum atomic E-state index is 5.80. The lowest BCUT2D eigenvalue weighted by atomic mass is 9.99. The minimum absolute atomic E-state index is 0.298. The summed E-state index contributed by atoms with van der Waals surface area (Å²) in [7, 11) is 2.25. The average Bonchev–Trinajstić information content (AvgIpc) is 2.25. The molecule has 0 aromatic rings. The van der Waals surface area contributed by atoms with Crippen LogP contribution in [-0.4, -0.2) is 43.9 Å². The molecule has 0 spiro atoms. The molecule has 2 heterocycles. The molecule has 88 valence electrons. The van der Waals surface area contributed by atoms with Crippen LogP contribution in [0.3, 0.4) is 0 Å². The molecule has 2 rings (SSSR count). The van der Waals surface area contributed by atoms with Gasteiger partial charge in [0.1, 0.15) is 6.23 Å². The summed E-state index contributed by atoms with van der Waals surface area (Å²) in [6.07, 6.45) is 5.55. The molecule has 3 unspecified atom stereocenters. The van der Waals surface area contributed by atoms with E-state index in [1.807, 2.05) is 0 Å². The van der Waals surface area contributed by atoms with Crippen LogP contribution in [0, 0.1) is 5.92 Å². The predicted molar refractivity (Wildman–Crippen MR) is 61.8 cm³/mol. The van der Waals surface area contributed by atoms with E-state index in [0.29, 0.717) is 12.1 Å². The molecule has 2 aliphatic rings. The lowest BCUT2D eigenvalue weighted by Gasteiger charge is -2.37. The summed E-state index contributed by atoms with van der Waals surface area (Å²) in [6, 6.07) is 0.727. The van der Waals surface area contributed by atoms with Crippen LogP contribution in [0.25, 0.3) is 0 Å². The fourth-order valence-electron chi connectivity index (χ4n) is 2.57. The van der Waals surface area contributed by atoms with Crippen molar-refractivity contribution in [3.05, 3.63) is 0 Å². The van der Waals surface area contributed by atoms with Crippen LogP contribution in [0.5, 0.6) is 0 Å². The van der Waals surface area contributed by atoms with E-state index < -0.39 is 0 Å². The van der Waals surface area contributed by atoms with Crippen molar-refractivity contribution < 1.29 is 4.74 Å². The third-order valence-electron chi connectivity index (χ3n) is 3.68. The highest BCUT2D eigenvalue weighted by atomic mass is 16.5. The number of nitrogens with one attached hydrogen (secondary N) is 1. The first-order valence-electron chi connectivity index (χ1n) is 6.31. The summed E-state index contributed by atoms with van der Waals surface area (Å²) in [5.74, 6) is 0.672. The lowest BCUT2D eigenvalue weighted by Crippen LogP contribution is -2.47. The van der Waals surface area contributed by atoms with E-state index in [1.165, 1.54) is 25.8 Å². The van der Waals surface area contributed by atoms with Crippen molar-refractivity contribution in [3.8, 4) is 0 Å². The summed E-state index contributed by atoms with van der Waals surface area (Å²) in [5, 5.41) is 3.49. The quantitative estimate of drug-likeness (QED) is 0.749. The molecule has 3 nitrogen and oxygen atoms in total. The summed E-state index contributed by atoms with van der Waals surface area (Å²) >= 11 is 0.